The lowest BCUT2D eigenvalue weighted by molar-refractivity contribution is 0.173. The first-order valence-corrected chi connectivity index (χ1v) is 6.05. The lowest BCUT2D eigenvalue weighted by atomic mass is 10.1. The zero-order chi connectivity index (χ0) is 13.0. The molecule has 2 rings (SSSR count). The molecule has 0 amide bonds. The number of nitriles is 1. The maximum Gasteiger partial charge on any atom is 0.0991 e. The van der Waals surface area contributed by atoms with Crippen molar-refractivity contribution in [2.75, 3.05) is 0 Å². The fraction of sp³-hybridized carbons (Fsp3) is 0.267. The summed E-state index contributed by atoms with van der Waals surface area (Å²) in [6.45, 7) is 2.71. The van der Waals surface area contributed by atoms with E-state index in [-0.39, 0.29) is 6.10 Å². The molecule has 1 N–H and O–H groups in total. The topological polar surface area (TPSA) is 49.0 Å². The number of benzene rings is 1. The van der Waals surface area contributed by atoms with Gasteiger partial charge in [-0.3, -0.25) is 0 Å². The number of nitrogens with zero attached hydrogens (tertiary/aromatic N) is 2. The van der Waals surface area contributed by atoms with Gasteiger partial charge in [-0.05, 0) is 35.7 Å². The van der Waals surface area contributed by atoms with Crippen LogP contribution >= 0.6 is 0 Å². The van der Waals surface area contributed by atoms with Crippen LogP contribution < -0.4 is 0 Å². The van der Waals surface area contributed by atoms with Crippen LogP contribution in [0.4, 0.5) is 0 Å². The smallest absolute Gasteiger partial charge is 0.0991 e. The Morgan fingerprint density at radius 1 is 1.28 bits per heavy atom. The second kappa shape index (κ2) is 5.52. The molecule has 2 aromatic rings. The fourth-order valence-corrected chi connectivity index (χ4v) is 1.89. The van der Waals surface area contributed by atoms with Crippen molar-refractivity contribution in [3.05, 3.63) is 59.4 Å². The van der Waals surface area contributed by atoms with Crippen molar-refractivity contribution in [3.63, 3.8) is 0 Å². The number of hydrogen-bond donors (Lipinski definition) is 1. The van der Waals surface area contributed by atoms with E-state index in [0.717, 1.165) is 24.1 Å². The molecule has 0 radical (unpaired) electrons. The lowest BCUT2D eigenvalue weighted by Crippen LogP contribution is -1.97. The van der Waals surface area contributed by atoms with Crippen molar-refractivity contribution in [2.24, 2.45) is 0 Å². The first kappa shape index (κ1) is 12.4. The summed E-state index contributed by atoms with van der Waals surface area (Å²) in [5, 5.41) is 18.5. The van der Waals surface area contributed by atoms with Crippen molar-refractivity contribution in [3.8, 4) is 6.07 Å². The van der Waals surface area contributed by atoms with E-state index in [0.29, 0.717) is 5.56 Å². The molecule has 3 nitrogen and oxygen atoms in total. The molecule has 1 aromatic carbocycles. The van der Waals surface area contributed by atoms with Gasteiger partial charge in [-0.25, -0.2) is 0 Å². The molecular weight excluding hydrogens is 224 g/mol. The quantitative estimate of drug-likeness (QED) is 0.893. The monoisotopic (exact) mass is 240 g/mol. The molecule has 1 aromatic heterocycles. The molecule has 92 valence electrons. The molecule has 3 heteroatoms. The van der Waals surface area contributed by atoms with Crippen LogP contribution in [0.25, 0.3) is 0 Å². The van der Waals surface area contributed by atoms with Gasteiger partial charge >= 0.3 is 0 Å². The summed E-state index contributed by atoms with van der Waals surface area (Å²) in [5.74, 6) is 0. The molecule has 0 aliphatic carbocycles. The van der Waals surface area contributed by atoms with Crippen molar-refractivity contribution < 1.29 is 5.11 Å². The van der Waals surface area contributed by atoms with Crippen molar-refractivity contribution in [1.29, 1.82) is 5.26 Å². The first-order chi connectivity index (χ1) is 8.72. The van der Waals surface area contributed by atoms with E-state index in [1.54, 1.807) is 0 Å². The van der Waals surface area contributed by atoms with E-state index in [1.807, 2.05) is 54.2 Å². The Hall–Kier alpha value is -2.05. The van der Waals surface area contributed by atoms with Crippen LogP contribution in [-0.4, -0.2) is 9.67 Å². The minimum absolute atomic E-state index is 0.382. The maximum atomic E-state index is 9.73. The van der Waals surface area contributed by atoms with Gasteiger partial charge in [0.05, 0.1) is 17.7 Å². The Morgan fingerprint density at radius 2 is 2.00 bits per heavy atom. The Kier molecular flexibility index (Phi) is 3.81. The van der Waals surface area contributed by atoms with E-state index >= 15 is 0 Å². The Labute approximate surface area is 107 Å². The van der Waals surface area contributed by atoms with Gasteiger partial charge in [-0.15, -0.1) is 0 Å². The van der Waals surface area contributed by atoms with Gasteiger partial charge in [-0.1, -0.05) is 19.1 Å². The molecule has 0 aliphatic rings. The number of rotatable bonds is 4. The first-order valence-electron chi connectivity index (χ1n) is 6.05. The molecule has 0 fully saturated rings. The van der Waals surface area contributed by atoms with Gasteiger partial charge in [0.1, 0.15) is 0 Å². The largest absolute Gasteiger partial charge is 0.388 e. The molecule has 0 saturated carbocycles. The number of aliphatic hydroxyl groups excluding tert-OH is 1. The van der Waals surface area contributed by atoms with Gasteiger partial charge in [0.2, 0.25) is 0 Å². The average molecular weight is 240 g/mol. The number of aliphatic hydroxyl groups is 1. The van der Waals surface area contributed by atoms with Gasteiger partial charge in [0.15, 0.2) is 0 Å². The van der Waals surface area contributed by atoms with Crippen LogP contribution in [0.15, 0.2) is 42.7 Å². The van der Waals surface area contributed by atoms with Crippen LogP contribution in [-0.2, 0) is 6.54 Å². The summed E-state index contributed by atoms with van der Waals surface area (Å²) < 4.78 is 2.04. The van der Waals surface area contributed by atoms with Gasteiger partial charge in [0.25, 0.3) is 0 Å². The summed E-state index contributed by atoms with van der Waals surface area (Å²) >= 11 is 0. The molecule has 0 spiro atoms. The predicted molar refractivity (Wildman–Crippen MR) is 69.9 cm³/mol. The summed E-state index contributed by atoms with van der Waals surface area (Å²) in [6.07, 6.45) is 4.27. The van der Waals surface area contributed by atoms with Crippen LogP contribution in [0.2, 0.25) is 0 Å². The van der Waals surface area contributed by atoms with Crippen LogP contribution in [0.5, 0.6) is 0 Å². The highest BCUT2D eigenvalue weighted by atomic mass is 16.3. The SMILES string of the molecule is CCC(O)c1ccn(Cc2ccc(C#N)cc2)c1. The minimum Gasteiger partial charge on any atom is -0.388 e. The van der Waals surface area contributed by atoms with Gasteiger partial charge in [0, 0.05) is 18.9 Å². The van der Waals surface area contributed by atoms with Crippen molar-refractivity contribution >= 4 is 0 Å². The van der Waals surface area contributed by atoms with Gasteiger partial charge < -0.3 is 9.67 Å². The summed E-state index contributed by atoms with van der Waals surface area (Å²) in [4.78, 5) is 0. The van der Waals surface area contributed by atoms with Crippen LogP contribution in [0.3, 0.4) is 0 Å². The maximum absolute atomic E-state index is 9.73. The molecule has 0 saturated heterocycles. The minimum atomic E-state index is -0.382. The van der Waals surface area contributed by atoms with E-state index in [2.05, 4.69) is 6.07 Å². The highest BCUT2D eigenvalue weighted by molar-refractivity contribution is 5.31. The van der Waals surface area contributed by atoms with E-state index in [1.165, 1.54) is 0 Å². The second-order valence-corrected chi connectivity index (χ2v) is 4.35. The molecule has 1 atom stereocenters. The van der Waals surface area contributed by atoms with E-state index in [9.17, 15) is 5.11 Å². The second-order valence-electron chi connectivity index (χ2n) is 4.35. The Bertz CT molecular complexity index is 549. The lowest BCUT2D eigenvalue weighted by Gasteiger charge is -2.05. The zero-order valence-corrected chi connectivity index (χ0v) is 10.4. The summed E-state index contributed by atoms with van der Waals surface area (Å²) in [6, 6.07) is 11.6. The fourth-order valence-electron chi connectivity index (χ4n) is 1.89. The molecular formula is C15H16N2O. The van der Waals surface area contributed by atoms with Crippen LogP contribution in [0.1, 0.15) is 36.1 Å². The Morgan fingerprint density at radius 3 is 2.61 bits per heavy atom. The molecule has 0 bridgehead atoms. The highest BCUT2D eigenvalue weighted by Gasteiger charge is 2.06. The highest BCUT2D eigenvalue weighted by Crippen LogP contribution is 2.17. The third-order valence-electron chi connectivity index (χ3n) is 2.99. The van der Waals surface area contributed by atoms with Crippen LogP contribution in [0, 0.1) is 11.3 Å². The number of hydrogen-bond acceptors (Lipinski definition) is 2. The zero-order valence-electron chi connectivity index (χ0n) is 10.4. The van der Waals surface area contributed by atoms with E-state index in [4.69, 9.17) is 5.26 Å². The average Bonchev–Trinajstić information content (AvgIpc) is 2.87. The molecule has 0 aliphatic heterocycles. The number of aromatic nitrogens is 1. The Balaban J connectivity index is 2.09. The predicted octanol–water partition coefficient (Wildman–Crippen LogP) is 2.85. The third kappa shape index (κ3) is 2.79. The standard InChI is InChI=1S/C15H16N2O/c1-2-15(18)14-7-8-17(11-14)10-13-5-3-12(9-16)4-6-13/h3-8,11,15,18H,2,10H2,1H3. The van der Waals surface area contributed by atoms with Crippen molar-refractivity contribution in [2.45, 2.75) is 26.0 Å². The summed E-state index contributed by atoms with van der Waals surface area (Å²) in [5.41, 5.74) is 2.77. The normalized spacial score (nSPS) is 12.1. The van der Waals surface area contributed by atoms with E-state index < -0.39 is 0 Å². The third-order valence-corrected chi connectivity index (χ3v) is 2.99. The van der Waals surface area contributed by atoms with Crippen molar-refractivity contribution in [1.82, 2.24) is 4.57 Å². The molecule has 1 heterocycles. The molecule has 18 heavy (non-hydrogen) atoms. The summed E-state index contributed by atoms with van der Waals surface area (Å²) in [7, 11) is 0. The van der Waals surface area contributed by atoms with Gasteiger partial charge in [-0.2, -0.15) is 5.26 Å². The molecule has 1 unspecified atom stereocenters.